The summed E-state index contributed by atoms with van der Waals surface area (Å²) in [5.41, 5.74) is 7.30. The monoisotopic (exact) mass is 509 g/mol. The molecule has 0 rings (SSSR count). The molecule has 0 aliphatic rings. The van der Waals surface area contributed by atoms with Crippen molar-refractivity contribution in [1.82, 2.24) is 0 Å². The van der Waals surface area contributed by atoms with Crippen molar-refractivity contribution in [3.63, 3.8) is 0 Å². The first kappa shape index (κ1) is 30.9. The van der Waals surface area contributed by atoms with Crippen molar-refractivity contribution in [3.05, 3.63) is 0 Å². The quantitative estimate of drug-likeness (QED) is 0.121. The lowest BCUT2D eigenvalue weighted by Crippen LogP contribution is -2.47. The van der Waals surface area contributed by atoms with E-state index in [9.17, 15) is 0 Å². The Kier molecular flexibility index (Phi) is 24.7. The molecule has 2 heteroatoms. The third-order valence-corrected chi connectivity index (χ3v) is 6.62. The van der Waals surface area contributed by atoms with E-state index >= 15 is 0 Å². The molecule has 0 saturated heterocycles. The number of nitrogens with two attached hydrogens (primary N) is 1. The minimum atomic E-state index is 0. The lowest BCUT2D eigenvalue weighted by atomic mass is 9.72. The van der Waals surface area contributed by atoms with E-state index in [1.165, 1.54) is 128 Å². The van der Waals surface area contributed by atoms with Crippen LogP contribution >= 0.6 is 24.0 Å². The van der Waals surface area contributed by atoms with Gasteiger partial charge in [-0.2, -0.15) is 0 Å². The molecule has 0 amide bonds. The van der Waals surface area contributed by atoms with Crippen LogP contribution in [0.15, 0.2) is 0 Å². The van der Waals surface area contributed by atoms with Crippen LogP contribution in [-0.4, -0.2) is 5.54 Å². The molecule has 0 aliphatic carbocycles. The molecule has 1 nitrogen and oxygen atoms in total. The fourth-order valence-corrected chi connectivity index (χ4v) is 4.65. The SMILES string of the molecule is CCCCCCCCCC(CCCCC)C(N)(CCCCC)CCCCC.I. The van der Waals surface area contributed by atoms with E-state index < -0.39 is 0 Å². The zero-order chi connectivity index (χ0) is 20.2. The zero-order valence-electron chi connectivity index (χ0n) is 20.2. The summed E-state index contributed by atoms with van der Waals surface area (Å²) in [6.07, 6.45) is 27.3. The van der Waals surface area contributed by atoms with Gasteiger partial charge in [0.1, 0.15) is 0 Å². The zero-order valence-corrected chi connectivity index (χ0v) is 22.5. The maximum atomic E-state index is 7.19. The van der Waals surface area contributed by atoms with Gasteiger partial charge in [-0.05, 0) is 31.6 Å². The van der Waals surface area contributed by atoms with Crippen molar-refractivity contribution in [2.24, 2.45) is 11.7 Å². The Morgan fingerprint density at radius 2 is 0.821 bits per heavy atom. The number of hydrogen-bond donors (Lipinski definition) is 1. The fraction of sp³-hybridized carbons (Fsp3) is 1.00. The lowest BCUT2D eigenvalue weighted by Gasteiger charge is -2.39. The molecular weight excluding hydrogens is 453 g/mol. The van der Waals surface area contributed by atoms with E-state index in [0.29, 0.717) is 0 Å². The second-order valence-electron chi connectivity index (χ2n) is 9.25. The molecule has 1 unspecified atom stereocenters. The molecule has 0 fully saturated rings. The summed E-state index contributed by atoms with van der Waals surface area (Å²) in [5.74, 6) is 0.758. The summed E-state index contributed by atoms with van der Waals surface area (Å²) in [7, 11) is 0. The minimum absolute atomic E-state index is 0. The lowest BCUT2D eigenvalue weighted by molar-refractivity contribution is 0.190. The van der Waals surface area contributed by atoms with Crippen LogP contribution in [0, 0.1) is 5.92 Å². The van der Waals surface area contributed by atoms with Gasteiger partial charge in [-0.25, -0.2) is 0 Å². The largest absolute Gasteiger partial charge is 0.325 e. The van der Waals surface area contributed by atoms with Crippen molar-refractivity contribution in [1.29, 1.82) is 0 Å². The van der Waals surface area contributed by atoms with Crippen LogP contribution in [0.5, 0.6) is 0 Å². The summed E-state index contributed by atoms with van der Waals surface area (Å²) in [6, 6.07) is 0. The highest BCUT2D eigenvalue weighted by molar-refractivity contribution is 14.0. The molecule has 28 heavy (non-hydrogen) atoms. The van der Waals surface area contributed by atoms with E-state index in [1.54, 1.807) is 0 Å². The molecule has 0 saturated carbocycles. The summed E-state index contributed by atoms with van der Waals surface area (Å²) >= 11 is 0. The van der Waals surface area contributed by atoms with Gasteiger partial charge in [-0.15, -0.1) is 24.0 Å². The standard InChI is InChI=1S/C26H55N.HI/c1-5-9-13-14-15-16-18-22-25(21-17-10-6-2)26(27,23-19-11-7-3)24-20-12-8-4;/h25H,5-24,27H2,1-4H3;1H. The van der Waals surface area contributed by atoms with Crippen LogP contribution in [0.1, 0.15) is 156 Å². The van der Waals surface area contributed by atoms with Crippen molar-refractivity contribution >= 4 is 24.0 Å². The molecule has 0 aromatic heterocycles. The van der Waals surface area contributed by atoms with E-state index in [-0.39, 0.29) is 29.5 Å². The average Bonchev–Trinajstić information content (AvgIpc) is 2.66. The second-order valence-corrected chi connectivity index (χ2v) is 9.25. The Balaban J connectivity index is 0. The highest BCUT2D eigenvalue weighted by Gasteiger charge is 2.32. The van der Waals surface area contributed by atoms with Gasteiger partial charge < -0.3 is 5.73 Å². The van der Waals surface area contributed by atoms with Crippen molar-refractivity contribution < 1.29 is 0 Å². The van der Waals surface area contributed by atoms with Gasteiger partial charge in [-0.3, -0.25) is 0 Å². The topological polar surface area (TPSA) is 26.0 Å². The van der Waals surface area contributed by atoms with Gasteiger partial charge in [0, 0.05) is 5.54 Å². The predicted octanol–water partition coefficient (Wildman–Crippen LogP) is 9.80. The maximum Gasteiger partial charge on any atom is 0.0182 e. The minimum Gasteiger partial charge on any atom is -0.325 e. The van der Waals surface area contributed by atoms with Gasteiger partial charge in [-0.1, -0.05) is 130 Å². The van der Waals surface area contributed by atoms with Gasteiger partial charge in [0.15, 0.2) is 0 Å². The molecule has 0 aliphatic heterocycles. The van der Waals surface area contributed by atoms with Crippen LogP contribution < -0.4 is 5.73 Å². The third-order valence-electron chi connectivity index (χ3n) is 6.62. The van der Waals surface area contributed by atoms with Gasteiger partial charge in [0.25, 0.3) is 0 Å². The van der Waals surface area contributed by atoms with Gasteiger partial charge >= 0.3 is 0 Å². The molecular formula is C26H56IN. The van der Waals surface area contributed by atoms with E-state index in [0.717, 1.165) is 5.92 Å². The Morgan fingerprint density at radius 3 is 1.29 bits per heavy atom. The van der Waals surface area contributed by atoms with Gasteiger partial charge in [0.2, 0.25) is 0 Å². The first-order valence-electron chi connectivity index (χ1n) is 12.9. The summed E-state index contributed by atoms with van der Waals surface area (Å²) in [5, 5.41) is 0. The van der Waals surface area contributed by atoms with Crippen molar-refractivity contribution in [2.45, 2.75) is 162 Å². The van der Waals surface area contributed by atoms with Crippen molar-refractivity contribution in [3.8, 4) is 0 Å². The fourth-order valence-electron chi connectivity index (χ4n) is 4.65. The number of halogens is 1. The number of unbranched alkanes of at least 4 members (excludes halogenated alkanes) is 12. The molecule has 0 heterocycles. The van der Waals surface area contributed by atoms with E-state index in [2.05, 4.69) is 27.7 Å². The van der Waals surface area contributed by atoms with Crippen LogP contribution in [0.3, 0.4) is 0 Å². The first-order valence-corrected chi connectivity index (χ1v) is 12.9. The van der Waals surface area contributed by atoms with Crippen LogP contribution in [0.2, 0.25) is 0 Å². The number of hydrogen-bond acceptors (Lipinski definition) is 1. The molecule has 1 atom stereocenters. The number of rotatable bonds is 21. The average molecular weight is 510 g/mol. The Bertz CT molecular complexity index is 282. The third kappa shape index (κ3) is 16.5. The highest BCUT2D eigenvalue weighted by atomic mass is 127. The molecule has 0 radical (unpaired) electrons. The Morgan fingerprint density at radius 1 is 0.500 bits per heavy atom. The summed E-state index contributed by atoms with van der Waals surface area (Å²) in [6.45, 7) is 9.25. The van der Waals surface area contributed by atoms with Gasteiger partial charge in [0.05, 0.1) is 0 Å². The van der Waals surface area contributed by atoms with Crippen LogP contribution in [0.4, 0.5) is 0 Å². The molecule has 0 aromatic rings. The summed E-state index contributed by atoms with van der Waals surface area (Å²) in [4.78, 5) is 0. The molecule has 0 bridgehead atoms. The first-order chi connectivity index (χ1) is 13.1. The van der Waals surface area contributed by atoms with Crippen LogP contribution in [-0.2, 0) is 0 Å². The Labute approximate surface area is 196 Å². The van der Waals surface area contributed by atoms with Crippen LogP contribution in [0.25, 0.3) is 0 Å². The second kappa shape index (κ2) is 22.4. The molecule has 2 N–H and O–H groups in total. The molecule has 0 spiro atoms. The van der Waals surface area contributed by atoms with E-state index in [4.69, 9.17) is 5.73 Å². The van der Waals surface area contributed by atoms with E-state index in [1.807, 2.05) is 0 Å². The van der Waals surface area contributed by atoms with Crippen molar-refractivity contribution in [2.75, 3.05) is 0 Å². The summed E-state index contributed by atoms with van der Waals surface area (Å²) < 4.78 is 0. The predicted molar refractivity (Wildman–Crippen MR) is 141 cm³/mol. The molecule has 0 aromatic carbocycles. The maximum absolute atomic E-state index is 7.19. The Hall–Kier alpha value is 0.690. The highest BCUT2D eigenvalue weighted by Crippen LogP contribution is 2.35. The smallest absolute Gasteiger partial charge is 0.0182 e. The molecule has 172 valence electrons. The normalized spacial score (nSPS) is 12.8.